The van der Waals surface area contributed by atoms with Gasteiger partial charge in [-0.05, 0) is 42.3 Å². The van der Waals surface area contributed by atoms with Crippen LogP contribution in [0.5, 0.6) is 5.75 Å². The third-order valence-electron chi connectivity index (χ3n) is 5.37. The summed E-state index contributed by atoms with van der Waals surface area (Å²) in [6.07, 6.45) is 3.13. The number of allylic oxidation sites excluding steroid dienone is 2. The molecule has 2 saturated heterocycles. The number of phenols is 1. The maximum absolute atomic E-state index is 12.7. The van der Waals surface area contributed by atoms with E-state index in [1.807, 2.05) is 6.07 Å². The van der Waals surface area contributed by atoms with E-state index in [2.05, 4.69) is 5.32 Å². The number of phenolic OH excluding ortho intramolecular Hbond substituents is 1. The molecular formula is C19H16N4O5. The van der Waals surface area contributed by atoms with Gasteiger partial charge >= 0.3 is 12.0 Å². The molecule has 3 amide bonds. The molecule has 1 aromatic rings. The number of hydrogen-bond donors (Lipinski definition) is 3. The smallest absolute Gasteiger partial charge is 0.352 e. The highest BCUT2D eigenvalue weighted by atomic mass is 16.4. The second-order valence-corrected chi connectivity index (χ2v) is 6.78. The van der Waals surface area contributed by atoms with Crippen LogP contribution in [0.4, 0.5) is 10.5 Å². The molecule has 0 bridgehead atoms. The fraction of sp³-hybridized carbons (Fsp3) is 0.263. The number of benzene rings is 1. The number of nitriles is 1. The Morgan fingerprint density at radius 3 is 2.64 bits per heavy atom. The van der Waals surface area contributed by atoms with E-state index in [9.17, 15) is 24.6 Å². The molecule has 1 unspecified atom stereocenters. The van der Waals surface area contributed by atoms with Gasteiger partial charge in [0.1, 0.15) is 17.5 Å². The molecule has 3 aliphatic heterocycles. The van der Waals surface area contributed by atoms with Gasteiger partial charge in [-0.1, -0.05) is 0 Å². The van der Waals surface area contributed by atoms with Gasteiger partial charge in [-0.2, -0.15) is 5.26 Å². The Labute approximate surface area is 159 Å². The molecule has 3 N–H and O–H groups in total. The van der Waals surface area contributed by atoms with E-state index in [0.717, 1.165) is 0 Å². The fourth-order valence-electron chi connectivity index (χ4n) is 4.24. The number of aliphatic carboxylic acids is 1. The molecule has 3 heterocycles. The predicted molar refractivity (Wildman–Crippen MR) is 95.8 cm³/mol. The zero-order valence-electron chi connectivity index (χ0n) is 14.6. The van der Waals surface area contributed by atoms with Crippen LogP contribution in [-0.4, -0.2) is 56.5 Å². The van der Waals surface area contributed by atoms with E-state index in [4.69, 9.17) is 5.26 Å². The minimum atomic E-state index is -1.22. The fourth-order valence-corrected chi connectivity index (χ4v) is 4.24. The number of carboxylic acid groups (broad SMARTS) is 1. The van der Waals surface area contributed by atoms with Crippen LogP contribution in [0.15, 0.2) is 47.7 Å². The van der Waals surface area contributed by atoms with Gasteiger partial charge in [-0.3, -0.25) is 9.69 Å². The third kappa shape index (κ3) is 2.50. The van der Waals surface area contributed by atoms with Crippen LogP contribution in [0.2, 0.25) is 0 Å². The normalized spacial score (nSPS) is 25.4. The minimum Gasteiger partial charge on any atom is -0.508 e. The summed E-state index contributed by atoms with van der Waals surface area (Å²) in [7, 11) is 0. The number of β-lactam (4-membered cyclic amide) rings is 1. The van der Waals surface area contributed by atoms with Crippen molar-refractivity contribution in [3.8, 4) is 11.8 Å². The molecule has 142 valence electrons. The van der Waals surface area contributed by atoms with E-state index < -0.39 is 30.0 Å². The van der Waals surface area contributed by atoms with Gasteiger partial charge < -0.3 is 20.4 Å². The Kier molecular flexibility index (Phi) is 4.04. The lowest BCUT2D eigenvalue weighted by Crippen LogP contribution is -2.74. The highest BCUT2D eigenvalue weighted by Gasteiger charge is 2.63. The molecule has 0 aromatic heterocycles. The molecule has 9 heteroatoms. The first-order chi connectivity index (χ1) is 13.4. The van der Waals surface area contributed by atoms with Crippen LogP contribution in [0.25, 0.3) is 0 Å². The maximum atomic E-state index is 12.7. The van der Waals surface area contributed by atoms with Crippen LogP contribution in [0, 0.1) is 17.2 Å². The van der Waals surface area contributed by atoms with Crippen molar-refractivity contribution >= 4 is 23.6 Å². The third-order valence-corrected chi connectivity index (χ3v) is 5.37. The summed E-state index contributed by atoms with van der Waals surface area (Å²) in [5.41, 5.74) is 0.819. The van der Waals surface area contributed by atoms with E-state index in [-0.39, 0.29) is 23.9 Å². The molecule has 0 radical (unpaired) electrons. The van der Waals surface area contributed by atoms with Crippen LogP contribution in [-0.2, 0) is 9.59 Å². The lowest BCUT2D eigenvalue weighted by molar-refractivity contribution is -0.160. The zero-order valence-corrected chi connectivity index (χ0v) is 14.6. The average molecular weight is 380 g/mol. The molecule has 9 nitrogen and oxygen atoms in total. The molecule has 0 spiro atoms. The molecule has 0 saturated carbocycles. The largest absolute Gasteiger partial charge is 0.508 e. The van der Waals surface area contributed by atoms with Gasteiger partial charge in [0.2, 0.25) is 0 Å². The Hall–Kier alpha value is -3.80. The first-order valence-electron chi connectivity index (χ1n) is 8.67. The summed E-state index contributed by atoms with van der Waals surface area (Å²) in [5.74, 6) is -1.82. The van der Waals surface area contributed by atoms with E-state index in [1.54, 1.807) is 12.1 Å². The molecule has 28 heavy (non-hydrogen) atoms. The van der Waals surface area contributed by atoms with Gasteiger partial charge in [0.15, 0.2) is 0 Å². The monoisotopic (exact) mass is 380 g/mol. The van der Waals surface area contributed by atoms with Gasteiger partial charge in [-0.15, -0.1) is 0 Å². The molecule has 1 aromatic carbocycles. The number of anilines is 1. The van der Waals surface area contributed by atoms with Gasteiger partial charge in [0, 0.05) is 24.2 Å². The molecule has 3 aliphatic rings. The van der Waals surface area contributed by atoms with Gasteiger partial charge in [0.25, 0.3) is 5.91 Å². The second-order valence-electron chi connectivity index (χ2n) is 6.78. The van der Waals surface area contributed by atoms with Crippen LogP contribution in [0.3, 0.4) is 0 Å². The van der Waals surface area contributed by atoms with Crippen LogP contribution >= 0.6 is 0 Å². The number of carbonyl (C=O) groups is 3. The number of urea groups is 1. The quantitative estimate of drug-likeness (QED) is 0.411. The van der Waals surface area contributed by atoms with Crippen molar-refractivity contribution in [2.24, 2.45) is 5.92 Å². The topological polar surface area (TPSA) is 134 Å². The summed E-state index contributed by atoms with van der Waals surface area (Å²) >= 11 is 0. The first kappa shape index (κ1) is 17.6. The highest BCUT2D eigenvalue weighted by molar-refractivity contribution is 6.04. The van der Waals surface area contributed by atoms with Crippen molar-refractivity contribution in [2.45, 2.75) is 18.5 Å². The van der Waals surface area contributed by atoms with E-state index >= 15 is 0 Å². The van der Waals surface area contributed by atoms with E-state index in [0.29, 0.717) is 17.7 Å². The van der Waals surface area contributed by atoms with Crippen LogP contribution in [0.1, 0.15) is 6.42 Å². The van der Waals surface area contributed by atoms with Crippen LogP contribution < -0.4 is 5.32 Å². The number of nitrogens with zero attached hydrogens (tertiary/aromatic N) is 3. The molecule has 4 rings (SSSR count). The number of carbonyl (C=O) groups excluding carboxylic acids is 2. The number of piperidine rings is 1. The minimum absolute atomic E-state index is 0.0693. The lowest BCUT2D eigenvalue weighted by atomic mass is 9.78. The summed E-state index contributed by atoms with van der Waals surface area (Å²) in [6, 6.07) is 6.17. The van der Waals surface area contributed by atoms with Crippen molar-refractivity contribution in [1.82, 2.24) is 9.80 Å². The number of nitrogens with one attached hydrogen (secondary N) is 1. The predicted octanol–water partition coefficient (Wildman–Crippen LogP) is 1.26. The Bertz CT molecular complexity index is 975. The highest BCUT2D eigenvalue weighted by Crippen LogP contribution is 2.49. The molecule has 3 atom stereocenters. The number of aromatic hydroxyl groups is 1. The van der Waals surface area contributed by atoms with Crippen molar-refractivity contribution in [1.29, 1.82) is 5.26 Å². The van der Waals surface area contributed by atoms with Gasteiger partial charge in [-0.25, -0.2) is 9.59 Å². The Morgan fingerprint density at radius 2 is 2.00 bits per heavy atom. The number of rotatable bonds is 3. The number of hydrogen-bond acceptors (Lipinski definition) is 5. The summed E-state index contributed by atoms with van der Waals surface area (Å²) in [6.45, 7) is 0.284. The maximum Gasteiger partial charge on any atom is 0.352 e. The second kappa shape index (κ2) is 6.42. The standard InChI is InChI=1S/C19H16N4O5/c20-8-1-2-12-13-7-9-22(19(28)21-10-3-5-11(24)6-4-10)16-14(13)23(17(16)25)15(12)18(26)27/h1-6,13-14,16,24H,7,9H2,(H,21,28)(H,26,27)/b2-1-/t13?,14-,16+/m1/s1. The Morgan fingerprint density at radius 1 is 1.29 bits per heavy atom. The molecule has 2 fully saturated rings. The SMILES string of the molecule is N#C/C=C\C1=C(C(=O)O)N2C(=O)[C@@H]3[C@H]2C1CCN3C(=O)Nc1ccc(O)cc1. The lowest BCUT2D eigenvalue weighted by Gasteiger charge is -2.53. The van der Waals surface area contributed by atoms with Crippen molar-refractivity contribution < 1.29 is 24.6 Å². The number of carboxylic acids is 1. The summed E-state index contributed by atoms with van der Waals surface area (Å²) in [5, 5.41) is 30.4. The van der Waals surface area contributed by atoms with Gasteiger partial charge in [0.05, 0.1) is 12.1 Å². The Balaban J connectivity index is 1.58. The van der Waals surface area contributed by atoms with E-state index in [1.165, 1.54) is 34.1 Å². The number of likely N-dealkylation sites (tertiary alicyclic amines) is 1. The first-order valence-corrected chi connectivity index (χ1v) is 8.67. The zero-order chi connectivity index (χ0) is 20.0. The van der Waals surface area contributed by atoms with Crippen molar-refractivity contribution in [2.75, 3.05) is 11.9 Å². The molecular weight excluding hydrogens is 364 g/mol. The summed E-state index contributed by atoms with van der Waals surface area (Å²) < 4.78 is 0. The number of amides is 3. The van der Waals surface area contributed by atoms with Crippen molar-refractivity contribution in [3.63, 3.8) is 0 Å². The van der Waals surface area contributed by atoms with Crippen molar-refractivity contribution in [3.05, 3.63) is 47.7 Å². The average Bonchev–Trinajstić information content (AvgIpc) is 3.00. The summed E-state index contributed by atoms with van der Waals surface area (Å²) in [4.78, 5) is 39.7. The molecule has 0 aliphatic carbocycles.